The Morgan fingerprint density at radius 2 is 2.06 bits per heavy atom. The van der Waals surface area contributed by atoms with E-state index in [4.69, 9.17) is 0 Å². The van der Waals surface area contributed by atoms with Gasteiger partial charge in [-0.1, -0.05) is 26.0 Å². The van der Waals surface area contributed by atoms with Gasteiger partial charge in [-0.25, -0.2) is 4.79 Å². The highest BCUT2D eigenvalue weighted by Crippen LogP contribution is 2.13. The van der Waals surface area contributed by atoms with E-state index in [1.807, 2.05) is 13.8 Å². The largest absolute Gasteiger partial charge is 0.466 e. The number of nitrogens with zero attached hydrogens (tertiary/aromatic N) is 1. The molecule has 1 aromatic rings. The van der Waals surface area contributed by atoms with Gasteiger partial charge in [0.25, 0.3) is 5.69 Å². The maximum absolute atomic E-state index is 10.8. The Morgan fingerprint density at radius 1 is 1.41 bits per heavy atom. The van der Waals surface area contributed by atoms with Crippen molar-refractivity contribution >= 4 is 17.7 Å². The second kappa shape index (κ2) is 8.04. The Labute approximate surface area is 99.9 Å². The molecule has 0 heterocycles. The van der Waals surface area contributed by atoms with Crippen LogP contribution in [0, 0.1) is 10.1 Å². The fourth-order valence-electron chi connectivity index (χ4n) is 0.974. The SMILES string of the molecule is CC.COC(=O)/C=C/c1cccc([N+](=O)[O-])c1. The smallest absolute Gasteiger partial charge is 0.330 e. The Morgan fingerprint density at radius 3 is 2.59 bits per heavy atom. The lowest BCUT2D eigenvalue weighted by molar-refractivity contribution is -0.384. The highest BCUT2D eigenvalue weighted by atomic mass is 16.6. The predicted molar refractivity (Wildman–Crippen MR) is 65.5 cm³/mol. The molecule has 5 nitrogen and oxygen atoms in total. The number of hydrogen-bond acceptors (Lipinski definition) is 4. The number of ether oxygens (including phenoxy) is 1. The number of rotatable bonds is 3. The van der Waals surface area contributed by atoms with Crippen molar-refractivity contribution < 1.29 is 14.5 Å². The molecule has 0 aliphatic heterocycles. The highest BCUT2D eigenvalue weighted by molar-refractivity contribution is 5.87. The number of hydrogen-bond donors (Lipinski definition) is 0. The molecule has 0 saturated heterocycles. The zero-order valence-corrected chi connectivity index (χ0v) is 10.0. The topological polar surface area (TPSA) is 69.4 Å². The molecule has 0 unspecified atom stereocenters. The van der Waals surface area contributed by atoms with Gasteiger partial charge in [-0.3, -0.25) is 10.1 Å². The summed E-state index contributed by atoms with van der Waals surface area (Å²) < 4.78 is 4.39. The van der Waals surface area contributed by atoms with Gasteiger partial charge in [0.1, 0.15) is 0 Å². The van der Waals surface area contributed by atoms with E-state index in [1.54, 1.807) is 12.1 Å². The van der Waals surface area contributed by atoms with Crippen molar-refractivity contribution in [2.45, 2.75) is 13.8 Å². The lowest BCUT2D eigenvalue weighted by Gasteiger charge is -1.94. The van der Waals surface area contributed by atoms with E-state index in [9.17, 15) is 14.9 Å². The molecule has 0 amide bonds. The molecule has 0 spiro atoms. The Balaban J connectivity index is 0.00000121. The minimum absolute atomic E-state index is 0.0120. The van der Waals surface area contributed by atoms with Crippen LogP contribution in [0.4, 0.5) is 5.69 Å². The molecule has 0 aliphatic carbocycles. The predicted octanol–water partition coefficient (Wildman–Crippen LogP) is 2.81. The van der Waals surface area contributed by atoms with E-state index < -0.39 is 10.9 Å². The third-order valence-corrected chi connectivity index (χ3v) is 1.69. The maximum Gasteiger partial charge on any atom is 0.330 e. The normalized spacial score (nSPS) is 9.35. The molecule has 0 atom stereocenters. The first-order valence-corrected chi connectivity index (χ1v) is 5.14. The van der Waals surface area contributed by atoms with E-state index in [2.05, 4.69) is 4.74 Å². The summed E-state index contributed by atoms with van der Waals surface area (Å²) in [5.74, 6) is -0.499. The van der Waals surface area contributed by atoms with Gasteiger partial charge >= 0.3 is 5.97 Å². The van der Waals surface area contributed by atoms with Crippen molar-refractivity contribution in [1.29, 1.82) is 0 Å². The van der Waals surface area contributed by atoms with Gasteiger partial charge in [0.15, 0.2) is 0 Å². The van der Waals surface area contributed by atoms with Gasteiger partial charge in [-0.2, -0.15) is 0 Å². The van der Waals surface area contributed by atoms with Crippen LogP contribution in [0.1, 0.15) is 19.4 Å². The van der Waals surface area contributed by atoms with Crippen molar-refractivity contribution in [3.8, 4) is 0 Å². The van der Waals surface area contributed by atoms with Crippen LogP contribution in [0.2, 0.25) is 0 Å². The minimum Gasteiger partial charge on any atom is -0.466 e. The molecule has 92 valence electrons. The summed E-state index contributed by atoms with van der Waals surface area (Å²) in [6.45, 7) is 4.00. The van der Waals surface area contributed by atoms with Crippen molar-refractivity contribution in [1.82, 2.24) is 0 Å². The van der Waals surface area contributed by atoms with Crippen LogP contribution in [0.5, 0.6) is 0 Å². The van der Waals surface area contributed by atoms with Gasteiger partial charge in [0.05, 0.1) is 12.0 Å². The van der Waals surface area contributed by atoms with Crippen molar-refractivity contribution in [3.05, 3.63) is 46.0 Å². The monoisotopic (exact) mass is 237 g/mol. The summed E-state index contributed by atoms with van der Waals surface area (Å²) in [7, 11) is 1.26. The molecular formula is C12H15NO4. The van der Waals surface area contributed by atoms with Crippen LogP contribution in [0.3, 0.4) is 0 Å². The minimum atomic E-state index is -0.499. The number of methoxy groups -OCH3 is 1. The first kappa shape index (κ1) is 14.8. The van der Waals surface area contributed by atoms with E-state index in [0.717, 1.165) is 0 Å². The van der Waals surface area contributed by atoms with Gasteiger partial charge in [-0.05, 0) is 11.6 Å². The van der Waals surface area contributed by atoms with E-state index in [0.29, 0.717) is 5.56 Å². The van der Waals surface area contributed by atoms with Crippen molar-refractivity contribution in [2.24, 2.45) is 0 Å². The first-order chi connectivity index (χ1) is 8.13. The van der Waals surface area contributed by atoms with E-state index in [1.165, 1.54) is 31.4 Å². The molecule has 17 heavy (non-hydrogen) atoms. The quantitative estimate of drug-likeness (QED) is 0.351. The molecule has 0 bridgehead atoms. The zero-order chi connectivity index (χ0) is 13.3. The number of non-ortho nitro benzene ring substituents is 1. The van der Waals surface area contributed by atoms with Gasteiger partial charge in [0, 0.05) is 18.2 Å². The molecular weight excluding hydrogens is 222 g/mol. The highest BCUT2D eigenvalue weighted by Gasteiger charge is 2.03. The molecule has 0 fully saturated rings. The molecule has 1 aromatic carbocycles. The van der Waals surface area contributed by atoms with Crippen LogP contribution in [-0.4, -0.2) is 18.0 Å². The van der Waals surface area contributed by atoms with Crippen molar-refractivity contribution in [2.75, 3.05) is 7.11 Å². The van der Waals surface area contributed by atoms with Crippen LogP contribution in [-0.2, 0) is 9.53 Å². The van der Waals surface area contributed by atoms with E-state index >= 15 is 0 Å². The number of esters is 1. The van der Waals surface area contributed by atoms with E-state index in [-0.39, 0.29) is 5.69 Å². The van der Waals surface area contributed by atoms with Crippen LogP contribution >= 0.6 is 0 Å². The average Bonchev–Trinajstić information content (AvgIpc) is 2.38. The summed E-state index contributed by atoms with van der Waals surface area (Å²) in [6, 6.07) is 5.97. The van der Waals surface area contributed by atoms with Gasteiger partial charge in [0.2, 0.25) is 0 Å². The molecule has 0 radical (unpaired) electrons. The summed E-state index contributed by atoms with van der Waals surface area (Å²) in [5.41, 5.74) is 0.566. The lowest BCUT2D eigenvalue weighted by Crippen LogP contribution is -1.93. The molecule has 5 heteroatoms. The molecule has 0 N–H and O–H groups in total. The standard InChI is InChI=1S/C10H9NO4.C2H6/c1-15-10(12)6-5-8-3-2-4-9(7-8)11(13)14;1-2/h2-7H,1H3;1-2H3/b6-5+;. The third kappa shape index (κ3) is 5.46. The number of benzene rings is 1. The lowest BCUT2D eigenvalue weighted by atomic mass is 10.2. The van der Waals surface area contributed by atoms with Gasteiger partial charge < -0.3 is 4.74 Å². The molecule has 1 rings (SSSR count). The fourth-order valence-corrected chi connectivity index (χ4v) is 0.974. The Bertz CT molecular complexity index is 413. The summed E-state index contributed by atoms with van der Waals surface area (Å²) in [5, 5.41) is 10.4. The fraction of sp³-hybridized carbons (Fsp3) is 0.250. The number of nitro groups is 1. The van der Waals surface area contributed by atoms with Crippen LogP contribution in [0.25, 0.3) is 6.08 Å². The summed E-state index contributed by atoms with van der Waals surface area (Å²) >= 11 is 0. The molecule has 0 aromatic heterocycles. The molecule has 0 aliphatic rings. The van der Waals surface area contributed by atoms with Crippen LogP contribution in [0.15, 0.2) is 30.3 Å². The van der Waals surface area contributed by atoms with Crippen LogP contribution < -0.4 is 0 Å². The van der Waals surface area contributed by atoms with Gasteiger partial charge in [-0.15, -0.1) is 0 Å². The number of nitro benzene ring substituents is 1. The third-order valence-electron chi connectivity index (χ3n) is 1.69. The Kier molecular flexibility index (Phi) is 7.01. The summed E-state index contributed by atoms with van der Waals surface area (Å²) in [4.78, 5) is 20.7. The second-order valence-electron chi connectivity index (χ2n) is 2.71. The number of carbonyl (C=O) groups excluding carboxylic acids is 1. The maximum atomic E-state index is 10.8. The van der Waals surface area contributed by atoms with Crippen molar-refractivity contribution in [3.63, 3.8) is 0 Å². The average molecular weight is 237 g/mol. The summed E-state index contributed by atoms with van der Waals surface area (Å²) in [6.07, 6.45) is 2.66. The zero-order valence-electron chi connectivity index (χ0n) is 10.0. The number of carbonyl (C=O) groups is 1. The second-order valence-corrected chi connectivity index (χ2v) is 2.71. The Hall–Kier alpha value is -2.17. The molecule has 0 saturated carbocycles. The first-order valence-electron chi connectivity index (χ1n) is 5.14.